The quantitative estimate of drug-likeness (QED) is 0.366. The molecule has 156 valence electrons. The molecule has 0 spiro atoms. The number of para-hydroxylation sites is 1. The van der Waals surface area contributed by atoms with Gasteiger partial charge in [0.05, 0.1) is 17.1 Å². The van der Waals surface area contributed by atoms with Gasteiger partial charge in [-0.05, 0) is 68.8 Å². The number of anilines is 4. The Hall–Kier alpha value is -3.73. The van der Waals surface area contributed by atoms with Crippen LogP contribution in [0.2, 0.25) is 0 Å². The lowest BCUT2D eigenvalue weighted by Crippen LogP contribution is -2.22. The van der Waals surface area contributed by atoms with E-state index in [0.717, 1.165) is 41.3 Å². The van der Waals surface area contributed by atoms with Crippen molar-refractivity contribution in [3.05, 3.63) is 90.9 Å². The van der Waals surface area contributed by atoms with Gasteiger partial charge in [0.1, 0.15) is 0 Å². The number of hydrogen-bond acceptors (Lipinski definition) is 5. The Balaban J connectivity index is 1.86. The van der Waals surface area contributed by atoms with Crippen LogP contribution in [0.4, 0.5) is 23.0 Å². The maximum Gasteiger partial charge on any atom is 0.235 e. The second-order valence-electron chi connectivity index (χ2n) is 7.30. The lowest BCUT2D eigenvalue weighted by Gasteiger charge is -2.27. The molecule has 0 N–H and O–H groups in total. The van der Waals surface area contributed by atoms with Crippen LogP contribution >= 0.6 is 0 Å². The molecule has 0 saturated heterocycles. The van der Waals surface area contributed by atoms with E-state index in [1.807, 2.05) is 30.6 Å². The van der Waals surface area contributed by atoms with Gasteiger partial charge in [-0.1, -0.05) is 24.3 Å². The Kier molecular flexibility index (Phi) is 6.22. The highest BCUT2D eigenvalue weighted by atomic mass is 15.3. The summed E-state index contributed by atoms with van der Waals surface area (Å²) in [5.41, 5.74) is 6.24. The molecule has 0 atom stereocenters. The third-order valence-corrected chi connectivity index (χ3v) is 5.37. The summed E-state index contributed by atoms with van der Waals surface area (Å²) >= 11 is 0. The van der Waals surface area contributed by atoms with Crippen LogP contribution in [0.25, 0.3) is 11.3 Å². The van der Waals surface area contributed by atoms with Gasteiger partial charge in [-0.15, -0.1) is 0 Å². The summed E-state index contributed by atoms with van der Waals surface area (Å²) in [5.74, 6) is 0.632. The van der Waals surface area contributed by atoms with E-state index in [9.17, 15) is 0 Å². The van der Waals surface area contributed by atoms with Gasteiger partial charge in [0.25, 0.3) is 0 Å². The molecular weight excluding hydrogens is 382 g/mol. The first kappa shape index (κ1) is 20.5. The van der Waals surface area contributed by atoms with Crippen molar-refractivity contribution in [1.29, 1.82) is 0 Å². The standard InChI is InChI=1S/C26H27N5/c1-4-30(5-2)22-12-8-13-23(18-22)31(25-14-7-6-10-20(25)3)26-28-17-15-24(29-26)21-11-9-16-27-19-21/h6-19H,4-5H2,1-3H3. The topological polar surface area (TPSA) is 45.2 Å². The fourth-order valence-corrected chi connectivity index (χ4v) is 3.73. The van der Waals surface area contributed by atoms with Gasteiger partial charge < -0.3 is 4.90 Å². The van der Waals surface area contributed by atoms with E-state index < -0.39 is 0 Å². The average molecular weight is 410 g/mol. The predicted octanol–water partition coefficient (Wildman–Crippen LogP) is 6.16. The van der Waals surface area contributed by atoms with Crippen molar-refractivity contribution in [2.75, 3.05) is 22.9 Å². The lowest BCUT2D eigenvalue weighted by molar-refractivity contribution is 0.866. The Morgan fingerprint density at radius 1 is 0.806 bits per heavy atom. The zero-order valence-corrected chi connectivity index (χ0v) is 18.2. The zero-order chi connectivity index (χ0) is 21.6. The molecule has 4 aromatic rings. The fraction of sp³-hybridized carbons (Fsp3) is 0.192. The molecule has 0 amide bonds. The third kappa shape index (κ3) is 4.40. The maximum absolute atomic E-state index is 4.91. The molecule has 2 aromatic carbocycles. The molecule has 2 heterocycles. The van der Waals surface area contributed by atoms with Crippen LogP contribution in [-0.2, 0) is 0 Å². The monoisotopic (exact) mass is 409 g/mol. The average Bonchev–Trinajstić information content (AvgIpc) is 2.82. The molecule has 0 bridgehead atoms. The van der Waals surface area contributed by atoms with Gasteiger partial charge >= 0.3 is 0 Å². The van der Waals surface area contributed by atoms with Gasteiger partial charge in [-0.3, -0.25) is 9.88 Å². The minimum Gasteiger partial charge on any atom is -0.372 e. The summed E-state index contributed by atoms with van der Waals surface area (Å²) in [6, 6.07) is 22.7. The summed E-state index contributed by atoms with van der Waals surface area (Å²) in [7, 11) is 0. The first-order valence-electron chi connectivity index (χ1n) is 10.7. The normalized spacial score (nSPS) is 10.7. The molecule has 2 aromatic heterocycles. The van der Waals surface area contributed by atoms with Gasteiger partial charge in [-0.25, -0.2) is 9.97 Å². The Morgan fingerprint density at radius 3 is 2.35 bits per heavy atom. The smallest absolute Gasteiger partial charge is 0.235 e. The molecule has 0 radical (unpaired) electrons. The lowest BCUT2D eigenvalue weighted by atomic mass is 10.1. The molecule has 0 saturated carbocycles. The number of rotatable bonds is 7. The molecule has 0 unspecified atom stereocenters. The summed E-state index contributed by atoms with van der Waals surface area (Å²) in [6.07, 6.45) is 5.40. The SMILES string of the molecule is CCN(CC)c1cccc(N(c2nccc(-c3cccnc3)n2)c2ccccc2C)c1. The second-order valence-corrected chi connectivity index (χ2v) is 7.30. The molecule has 4 rings (SSSR count). The molecule has 5 heteroatoms. The Labute approximate surface area is 184 Å². The van der Waals surface area contributed by atoms with Crippen molar-refractivity contribution >= 4 is 23.0 Å². The van der Waals surface area contributed by atoms with Crippen LogP contribution in [0, 0.1) is 6.92 Å². The van der Waals surface area contributed by atoms with Crippen molar-refractivity contribution in [3.8, 4) is 11.3 Å². The van der Waals surface area contributed by atoms with E-state index in [1.54, 1.807) is 6.20 Å². The predicted molar refractivity (Wildman–Crippen MR) is 128 cm³/mol. The van der Waals surface area contributed by atoms with Crippen molar-refractivity contribution in [2.24, 2.45) is 0 Å². The second kappa shape index (κ2) is 9.39. The van der Waals surface area contributed by atoms with Crippen LogP contribution in [0.15, 0.2) is 85.3 Å². The summed E-state index contributed by atoms with van der Waals surface area (Å²) in [5, 5.41) is 0. The molecule has 0 aliphatic heterocycles. The largest absolute Gasteiger partial charge is 0.372 e. The van der Waals surface area contributed by atoms with Crippen LogP contribution < -0.4 is 9.80 Å². The molecule has 0 aliphatic rings. The molecule has 0 fully saturated rings. The third-order valence-electron chi connectivity index (χ3n) is 5.37. The van der Waals surface area contributed by atoms with E-state index in [0.29, 0.717) is 5.95 Å². The number of pyridine rings is 1. The molecule has 0 aliphatic carbocycles. The summed E-state index contributed by atoms with van der Waals surface area (Å²) in [4.78, 5) is 18.3. The molecule has 5 nitrogen and oxygen atoms in total. The van der Waals surface area contributed by atoms with Crippen molar-refractivity contribution in [3.63, 3.8) is 0 Å². The Bertz CT molecular complexity index is 1140. The first-order valence-corrected chi connectivity index (χ1v) is 10.7. The van der Waals surface area contributed by atoms with Crippen molar-refractivity contribution in [1.82, 2.24) is 15.0 Å². The van der Waals surface area contributed by atoms with E-state index in [1.165, 1.54) is 5.69 Å². The van der Waals surface area contributed by atoms with Crippen LogP contribution in [0.5, 0.6) is 0 Å². The van der Waals surface area contributed by atoms with Crippen LogP contribution in [0.3, 0.4) is 0 Å². The highest BCUT2D eigenvalue weighted by molar-refractivity contribution is 5.77. The summed E-state index contributed by atoms with van der Waals surface area (Å²) < 4.78 is 0. The van der Waals surface area contributed by atoms with Gasteiger partial charge in [0.15, 0.2) is 0 Å². The van der Waals surface area contributed by atoms with E-state index in [-0.39, 0.29) is 0 Å². The van der Waals surface area contributed by atoms with Crippen molar-refractivity contribution < 1.29 is 0 Å². The Morgan fingerprint density at radius 2 is 1.61 bits per heavy atom. The zero-order valence-electron chi connectivity index (χ0n) is 18.2. The minimum absolute atomic E-state index is 0.632. The maximum atomic E-state index is 4.91. The summed E-state index contributed by atoms with van der Waals surface area (Å²) in [6.45, 7) is 8.38. The number of hydrogen-bond donors (Lipinski definition) is 0. The first-order chi connectivity index (χ1) is 15.2. The van der Waals surface area contributed by atoms with Gasteiger partial charge in [-0.2, -0.15) is 0 Å². The number of aryl methyl sites for hydroxylation is 1. The highest BCUT2D eigenvalue weighted by Gasteiger charge is 2.18. The fourth-order valence-electron chi connectivity index (χ4n) is 3.73. The minimum atomic E-state index is 0.632. The molecule has 31 heavy (non-hydrogen) atoms. The number of benzene rings is 2. The van der Waals surface area contributed by atoms with Gasteiger partial charge in [0.2, 0.25) is 5.95 Å². The number of aromatic nitrogens is 3. The highest BCUT2D eigenvalue weighted by Crippen LogP contribution is 2.36. The van der Waals surface area contributed by atoms with E-state index >= 15 is 0 Å². The number of nitrogens with zero attached hydrogens (tertiary/aromatic N) is 5. The van der Waals surface area contributed by atoms with Crippen LogP contribution in [0.1, 0.15) is 19.4 Å². The van der Waals surface area contributed by atoms with E-state index in [2.05, 4.69) is 89.1 Å². The molecular formula is C26H27N5. The van der Waals surface area contributed by atoms with Crippen LogP contribution in [-0.4, -0.2) is 28.0 Å². The van der Waals surface area contributed by atoms with Gasteiger partial charge in [0, 0.05) is 42.9 Å². The van der Waals surface area contributed by atoms with E-state index in [4.69, 9.17) is 4.98 Å². The van der Waals surface area contributed by atoms with Crippen molar-refractivity contribution in [2.45, 2.75) is 20.8 Å².